The van der Waals surface area contributed by atoms with Crippen LogP contribution in [0, 0.1) is 0 Å². The van der Waals surface area contributed by atoms with E-state index in [0.717, 1.165) is 77.0 Å². The fourth-order valence-corrected chi connectivity index (χ4v) is 5.74. The summed E-state index contributed by atoms with van der Waals surface area (Å²) in [5, 5.41) is 18.3. The summed E-state index contributed by atoms with van der Waals surface area (Å²) in [6.07, 6.45) is 40.5. The van der Waals surface area contributed by atoms with Gasteiger partial charge in [0.2, 0.25) is 0 Å². The molecule has 306 valence electrons. The number of phosphoric acid groups is 1. The minimum Gasteiger partial charge on any atom is -0.462 e. The number of carbonyl (C=O) groups is 2. The molecule has 0 spiro atoms. The number of hydrogen-bond donors (Lipinski definition) is 3. The molecule has 0 radical (unpaired) electrons. The van der Waals surface area contributed by atoms with Gasteiger partial charge in [0.1, 0.15) is 12.7 Å². The van der Waals surface area contributed by atoms with Crippen molar-refractivity contribution in [3.8, 4) is 0 Å². The molecule has 0 rings (SSSR count). The zero-order valence-corrected chi connectivity index (χ0v) is 33.9. The van der Waals surface area contributed by atoms with Crippen LogP contribution >= 0.6 is 7.82 Å². The third-order valence-corrected chi connectivity index (χ3v) is 9.10. The van der Waals surface area contributed by atoms with E-state index in [0.29, 0.717) is 12.8 Å². The van der Waals surface area contributed by atoms with Crippen LogP contribution in [0.2, 0.25) is 0 Å². The Balaban J connectivity index is 4.41. The standard InChI is InChI=1S/C42H73O10P/c1-3-5-7-9-11-13-15-16-17-18-19-20-21-22-24-26-28-30-32-34-42(46)52-40(38-51-53(47,48)50-36-39(44)35-43)37-49-41(45)33-31-29-27-25-23-14-12-10-8-6-4-2/h10-13,16-17,19-20,22,24,39-40,43-44H,3-9,14-15,18,21,23,25-38H2,1-2H3,(H,47,48)/b12-10-,13-11-,17-16-,20-19-,24-22-/t39-,40+/m0/s1. The second-order valence-corrected chi connectivity index (χ2v) is 14.8. The summed E-state index contributed by atoms with van der Waals surface area (Å²) < 4.78 is 32.6. The summed E-state index contributed by atoms with van der Waals surface area (Å²) in [5.41, 5.74) is 0. The van der Waals surface area contributed by atoms with Gasteiger partial charge in [-0.3, -0.25) is 18.6 Å². The number of esters is 2. The van der Waals surface area contributed by atoms with Gasteiger partial charge in [-0.15, -0.1) is 0 Å². The van der Waals surface area contributed by atoms with Crippen molar-refractivity contribution in [1.29, 1.82) is 0 Å². The molecule has 0 aliphatic rings. The molecular formula is C42H73O10P. The number of carbonyl (C=O) groups excluding carboxylic acids is 2. The maximum Gasteiger partial charge on any atom is 0.472 e. The minimum absolute atomic E-state index is 0.142. The van der Waals surface area contributed by atoms with E-state index >= 15 is 0 Å². The number of ether oxygens (including phenoxy) is 2. The monoisotopic (exact) mass is 768 g/mol. The van der Waals surface area contributed by atoms with Gasteiger partial charge in [0.05, 0.1) is 19.8 Å². The zero-order chi connectivity index (χ0) is 39.1. The first-order chi connectivity index (χ1) is 25.7. The Labute approximate surface area is 321 Å². The first-order valence-electron chi connectivity index (χ1n) is 20.2. The Morgan fingerprint density at radius 2 is 1.00 bits per heavy atom. The average Bonchev–Trinajstić information content (AvgIpc) is 3.14. The molecule has 0 saturated heterocycles. The molecule has 0 fully saturated rings. The van der Waals surface area contributed by atoms with Crippen LogP contribution in [-0.2, 0) is 32.7 Å². The van der Waals surface area contributed by atoms with Crippen LogP contribution < -0.4 is 0 Å². The van der Waals surface area contributed by atoms with E-state index in [1.54, 1.807) is 0 Å². The van der Waals surface area contributed by atoms with Crippen molar-refractivity contribution >= 4 is 19.8 Å². The van der Waals surface area contributed by atoms with Gasteiger partial charge in [0.25, 0.3) is 0 Å². The maximum absolute atomic E-state index is 12.6. The second kappa shape index (κ2) is 38.0. The predicted octanol–water partition coefficient (Wildman–Crippen LogP) is 10.3. The predicted molar refractivity (Wildman–Crippen MR) is 214 cm³/mol. The fourth-order valence-electron chi connectivity index (χ4n) is 4.96. The van der Waals surface area contributed by atoms with Crippen LogP contribution in [-0.4, -0.2) is 65.7 Å². The van der Waals surface area contributed by atoms with Gasteiger partial charge >= 0.3 is 19.8 Å². The molecule has 0 aromatic rings. The number of phosphoric ester groups is 1. The topological polar surface area (TPSA) is 149 Å². The van der Waals surface area contributed by atoms with E-state index < -0.39 is 51.8 Å². The first-order valence-corrected chi connectivity index (χ1v) is 21.7. The molecule has 3 N–H and O–H groups in total. The van der Waals surface area contributed by atoms with Gasteiger partial charge in [-0.25, -0.2) is 4.57 Å². The summed E-state index contributed by atoms with van der Waals surface area (Å²) in [6, 6.07) is 0. The van der Waals surface area contributed by atoms with Crippen molar-refractivity contribution in [3.63, 3.8) is 0 Å². The first kappa shape index (κ1) is 50.7. The third-order valence-electron chi connectivity index (χ3n) is 8.14. The van der Waals surface area contributed by atoms with E-state index in [9.17, 15) is 24.2 Å². The number of allylic oxidation sites excluding steroid dienone is 10. The van der Waals surface area contributed by atoms with E-state index in [-0.39, 0.29) is 19.4 Å². The SMILES string of the molecule is CCCC/C=C\CCCCCCCC(=O)OC[C@H](COP(=O)(O)OC[C@@H](O)CO)OC(=O)CCCCC/C=C\C/C=C\C/C=C\C/C=C\CCCCC. The molecule has 3 atom stereocenters. The van der Waals surface area contributed by atoms with Crippen molar-refractivity contribution in [2.75, 3.05) is 26.4 Å². The van der Waals surface area contributed by atoms with Gasteiger partial charge in [-0.1, -0.05) is 126 Å². The van der Waals surface area contributed by atoms with Gasteiger partial charge < -0.3 is 24.6 Å². The van der Waals surface area contributed by atoms with Crippen LogP contribution in [0.1, 0.15) is 155 Å². The van der Waals surface area contributed by atoms with Gasteiger partial charge in [0, 0.05) is 12.8 Å². The minimum atomic E-state index is -4.63. The highest BCUT2D eigenvalue weighted by molar-refractivity contribution is 7.47. The molecule has 1 unspecified atom stereocenters. The normalized spacial score (nSPS) is 14.6. The number of aliphatic hydroxyl groups is 2. The van der Waals surface area contributed by atoms with Crippen LogP contribution in [0.25, 0.3) is 0 Å². The Hall–Kier alpha value is -2.33. The Kier molecular flexibility index (Phi) is 36.3. The number of unbranched alkanes of at least 4 members (excludes halogenated alkanes) is 13. The molecule has 11 heteroatoms. The number of hydrogen-bond acceptors (Lipinski definition) is 9. The highest BCUT2D eigenvalue weighted by Crippen LogP contribution is 2.43. The lowest BCUT2D eigenvalue weighted by Crippen LogP contribution is -2.29. The smallest absolute Gasteiger partial charge is 0.462 e. The van der Waals surface area contributed by atoms with E-state index in [1.165, 1.54) is 38.5 Å². The van der Waals surface area contributed by atoms with Crippen molar-refractivity contribution in [3.05, 3.63) is 60.8 Å². The van der Waals surface area contributed by atoms with Crippen LogP contribution in [0.5, 0.6) is 0 Å². The van der Waals surface area contributed by atoms with Gasteiger partial charge in [-0.05, 0) is 77.0 Å². The number of aliphatic hydroxyl groups excluding tert-OH is 2. The molecular weight excluding hydrogens is 695 g/mol. The van der Waals surface area contributed by atoms with Crippen LogP contribution in [0.3, 0.4) is 0 Å². The summed E-state index contributed by atoms with van der Waals surface area (Å²) in [4.78, 5) is 34.8. The Morgan fingerprint density at radius 1 is 0.566 bits per heavy atom. The van der Waals surface area contributed by atoms with Crippen molar-refractivity contribution in [2.45, 2.75) is 167 Å². The average molecular weight is 769 g/mol. The lowest BCUT2D eigenvalue weighted by molar-refractivity contribution is -0.161. The molecule has 0 aromatic heterocycles. The molecule has 0 bridgehead atoms. The fraction of sp³-hybridized carbons (Fsp3) is 0.714. The highest BCUT2D eigenvalue weighted by Gasteiger charge is 2.27. The summed E-state index contributed by atoms with van der Waals surface area (Å²) >= 11 is 0. The molecule has 0 aliphatic heterocycles. The van der Waals surface area contributed by atoms with E-state index in [2.05, 4.69) is 79.1 Å². The molecule has 0 aliphatic carbocycles. The van der Waals surface area contributed by atoms with E-state index in [4.69, 9.17) is 19.1 Å². The van der Waals surface area contributed by atoms with Crippen molar-refractivity contribution < 1.29 is 47.8 Å². The van der Waals surface area contributed by atoms with E-state index in [1.807, 2.05) is 0 Å². The largest absolute Gasteiger partial charge is 0.472 e. The Bertz CT molecular complexity index is 1070. The van der Waals surface area contributed by atoms with Gasteiger partial charge in [-0.2, -0.15) is 0 Å². The third kappa shape index (κ3) is 37.8. The van der Waals surface area contributed by atoms with Crippen LogP contribution in [0.4, 0.5) is 0 Å². The highest BCUT2D eigenvalue weighted by atomic mass is 31.2. The second-order valence-electron chi connectivity index (χ2n) is 13.3. The molecule has 10 nitrogen and oxygen atoms in total. The molecule has 0 amide bonds. The lowest BCUT2D eigenvalue weighted by atomic mass is 10.1. The molecule has 0 saturated carbocycles. The van der Waals surface area contributed by atoms with Crippen molar-refractivity contribution in [1.82, 2.24) is 0 Å². The van der Waals surface area contributed by atoms with Gasteiger partial charge in [0.15, 0.2) is 6.10 Å². The quantitative estimate of drug-likeness (QED) is 0.0241. The summed E-state index contributed by atoms with van der Waals surface area (Å²) in [6.45, 7) is 2.24. The van der Waals surface area contributed by atoms with Crippen molar-refractivity contribution in [2.24, 2.45) is 0 Å². The zero-order valence-electron chi connectivity index (χ0n) is 33.0. The Morgan fingerprint density at radius 3 is 1.57 bits per heavy atom. The molecule has 0 heterocycles. The maximum atomic E-state index is 12.6. The lowest BCUT2D eigenvalue weighted by Gasteiger charge is -2.20. The molecule has 0 aromatic carbocycles. The summed E-state index contributed by atoms with van der Waals surface area (Å²) in [7, 11) is -4.63. The summed E-state index contributed by atoms with van der Waals surface area (Å²) in [5.74, 6) is -0.978. The molecule has 53 heavy (non-hydrogen) atoms. The van der Waals surface area contributed by atoms with Crippen LogP contribution in [0.15, 0.2) is 60.8 Å². The number of rotatable bonds is 37.